The van der Waals surface area contributed by atoms with E-state index in [-0.39, 0.29) is 12.1 Å². The Kier molecular flexibility index (Phi) is 7.15. The van der Waals surface area contributed by atoms with Crippen LogP contribution in [0.1, 0.15) is 39.0 Å². The lowest BCUT2D eigenvalue weighted by molar-refractivity contribution is 0.173. The van der Waals surface area contributed by atoms with Crippen LogP contribution in [0.5, 0.6) is 0 Å². The molecule has 0 bridgehead atoms. The van der Waals surface area contributed by atoms with Crippen LogP contribution >= 0.6 is 0 Å². The summed E-state index contributed by atoms with van der Waals surface area (Å²) in [5.74, 6) is 0. The lowest BCUT2D eigenvalue weighted by atomic mass is 9.92. The fourth-order valence-electron chi connectivity index (χ4n) is 2.50. The van der Waals surface area contributed by atoms with Crippen molar-refractivity contribution in [2.75, 3.05) is 46.4 Å². The van der Waals surface area contributed by atoms with Crippen molar-refractivity contribution in [1.82, 2.24) is 9.80 Å². The molecule has 3 N–H and O–H groups in total. The van der Waals surface area contributed by atoms with Crippen molar-refractivity contribution in [2.45, 2.75) is 44.6 Å². The summed E-state index contributed by atoms with van der Waals surface area (Å²) >= 11 is 0. The minimum atomic E-state index is -0.365. The van der Waals surface area contributed by atoms with E-state index in [2.05, 4.69) is 16.8 Å². The van der Waals surface area contributed by atoms with Crippen LogP contribution in [0.25, 0.3) is 0 Å². The number of rotatable bonds is 9. The molecule has 0 aromatic rings. The summed E-state index contributed by atoms with van der Waals surface area (Å²) in [6.07, 6.45) is 5.56. The molecule has 0 radical (unpaired) electrons. The summed E-state index contributed by atoms with van der Waals surface area (Å²) in [5.41, 5.74) is 5.71. The maximum atomic E-state index is 9.25. The maximum absolute atomic E-state index is 9.25. The van der Waals surface area contributed by atoms with Crippen LogP contribution in [0.4, 0.5) is 0 Å². The van der Waals surface area contributed by atoms with Crippen molar-refractivity contribution in [3.8, 4) is 0 Å². The first-order valence-corrected chi connectivity index (χ1v) is 7.40. The number of aliphatic hydroxyl groups excluding tert-OH is 1. The van der Waals surface area contributed by atoms with E-state index in [1.807, 2.05) is 6.92 Å². The largest absolute Gasteiger partial charge is 0.394 e. The van der Waals surface area contributed by atoms with Crippen LogP contribution in [0.2, 0.25) is 0 Å². The summed E-state index contributed by atoms with van der Waals surface area (Å²) in [5, 5.41) is 9.25. The molecule has 0 amide bonds. The minimum Gasteiger partial charge on any atom is -0.394 e. The molecule has 0 aliphatic carbocycles. The monoisotopic (exact) mass is 257 g/mol. The summed E-state index contributed by atoms with van der Waals surface area (Å²) < 4.78 is 0. The Bertz CT molecular complexity index is 213. The molecule has 0 aromatic heterocycles. The number of hydrogen-bond donors (Lipinski definition) is 2. The molecule has 1 unspecified atom stereocenters. The van der Waals surface area contributed by atoms with Gasteiger partial charge in [-0.1, -0.05) is 6.92 Å². The third-order valence-corrected chi connectivity index (χ3v) is 4.23. The predicted octanol–water partition coefficient (Wildman–Crippen LogP) is 0.894. The molecular formula is C14H31N3O. The van der Waals surface area contributed by atoms with Gasteiger partial charge in [-0.3, -0.25) is 0 Å². The lowest BCUT2D eigenvalue weighted by Crippen LogP contribution is -2.43. The molecule has 1 heterocycles. The van der Waals surface area contributed by atoms with Crippen LogP contribution in [0, 0.1) is 0 Å². The van der Waals surface area contributed by atoms with Gasteiger partial charge in [-0.15, -0.1) is 0 Å². The van der Waals surface area contributed by atoms with Crippen LogP contribution < -0.4 is 5.73 Å². The summed E-state index contributed by atoms with van der Waals surface area (Å²) in [7, 11) is 2.18. The normalized spacial score (nSPS) is 20.5. The third-order valence-electron chi connectivity index (χ3n) is 4.23. The van der Waals surface area contributed by atoms with Gasteiger partial charge in [0.05, 0.1) is 6.61 Å². The van der Waals surface area contributed by atoms with E-state index in [1.54, 1.807) is 0 Å². The summed E-state index contributed by atoms with van der Waals surface area (Å²) in [6.45, 7) is 8.11. The molecule has 4 heteroatoms. The van der Waals surface area contributed by atoms with Crippen molar-refractivity contribution < 1.29 is 5.11 Å². The van der Waals surface area contributed by atoms with Crippen molar-refractivity contribution in [3.63, 3.8) is 0 Å². The fourth-order valence-corrected chi connectivity index (χ4v) is 2.50. The molecule has 0 aromatic carbocycles. The Morgan fingerprint density at radius 1 is 1.28 bits per heavy atom. The number of nitrogens with zero attached hydrogens (tertiary/aromatic N) is 2. The van der Waals surface area contributed by atoms with Gasteiger partial charge in [0.25, 0.3) is 0 Å². The molecule has 18 heavy (non-hydrogen) atoms. The average Bonchev–Trinajstić information content (AvgIpc) is 2.89. The predicted molar refractivity (Wildman–Crippen MR) is 76.7 cm³/mol. The first kappa shape index (κ1) is 15.9. The number of hydrogen-bond acceptors (Lipinski definition) is 4. The van der Waals surface area contributed by atoms with Crippen molar-refractivity contribution in [1.29, 1.82) is 0 Å². The standard InChI is InChI=1S/C14H31N3O/c1-3-14(15,13-18)7-6-8-16(2)11-12-17-9-4-5-10-17/h18H,3-13,15H2,1-2H3. The van der Waals surface area contributed by atoms with Crippen LogP contribution in [-0.4, -0.2) is 66.8 Å². The molecule has 0 spiro atoms. The van der Waals surface area contributed by atoms with E-state index in [9.17, 15) is 5.11 Å². The van der Waals surface area contributed by atoms with E-state index in [0.29, 0.717) is 0 Å². The summed E-state index contributed by atoms with van der Waals surface area (Å²) in [4.78, 5) is 4.93. The first-order chi connectivity index (χ1) is 8.59. The number of nitrogens with two attached hydrogens (primary N) is 1. The smallest absolute Gasteiger partial charge is 0.0611 e. The van der Waals surface area contributed by atoms with E-state index >= 15 is 0 Å². The van der Waals surface area contributed by atoms with E-state index in [4.69, 9.17) is 5.73 Å². The zero-order chi connectivity index (χ0) is 13.4. The third kappa shape index (κ3) is 5.65. The Morgan fingerprint density at radius 2 is 1.94 bits per heavy atom. The molecule has 1 atom stereocenters. The number of likely N-dealkylation sites (N-methyl/N-ethyl adjacent to an activating group) is 1. The quantitative estimate of drug-likeness (QED) is 0.644. The minimum absolute atomic E-state index is 0.0982. The van der Waals surface area contributed by atoms with Gasteiger partial charge in [0.2, 0.25) is 0 Å². The van der Waals surface area contributed by atoms with Crippen LogP contribution in [0.15, 0.2) is 0 Å². The Morgan fingerprint density at radius 3 is 2.50 bits per heavy atom. The topological polar surface area (TPSA) is 52.7 Å². The van der Waals surface area contributed by atoms with Crippen LogP contribution in [-0.2, 0) is 0 Å². The molecule has 1 rings (SSSR count). The first-order valence-electron chi connectivity index (χ1n) is 7.40. The van der Waals surface area contributed by atoms with Gasteiger partial charge in [-0.05, 0) is 58.8 Å². The lowest BCUT2D eigenvalue weighted by Gasteiger charge is -2.27. The Balaban J connectivity index is 2.07. The fraction of sp³-hybridized carbons (Fsp3) is 1.00. The molecule has 1 saturated heterocycles. The molecule has 4 nitrogen and oxygen atoms in total. The van der Waals surface area contributed by atoms with Crippen molar-refractivity contribution >= 4 is 0 Å². The van der Waals surface area contributed by atoms with Crippen LogP contribution in [0.3, 0.4) is 0 Å². The molecule has 108 valence electrons. The van der Waals surface area contributed by atoms with E-state index in [1.165, 1.54) is 32.5 Å². The maximum Gasteiger partial charge on any atom is 0.0611 e. The second kappa shape index (κ2) is 8.10. The summed E-state index contributed by atoms with van der Waals surface area (Å²) in [6, 6.07) is 0. The highest BCUT2D eigenvalue weighted by Gasteiger charge is 2.21. The van der Waals surface area contributed by atoms with Gasteiger partial charge in [-0.2, -0.15) is 0 Å². The Hall–Kier alpha value is -0.160. The molecular weight excluding hydrogens is 226 g/mol. The van der Waals surface area contributed by atoms with Gasteiger partial charge < -0.3 is 20.6 Å². The number of likely N-dealkylation sites (tertiary alicyclic amines) is 1. The highest BCUT2D eigenvalue weighted by molar-refractivity contribution is 4.81. The molecule has 1 fully saturated rings. The Labute approximate surface area is 112 Å². The van der Waals surface area contributed by atoms with Crippen molar-refractivity contribution in [2.24, 2.45) is 5.73 Å². The van der Waals surface area contributed by atoms with Gasteiger partial charge in [0.15, 0.2) is 0 Å². The second-order valence-corrected chi connectivity index (χ2v) is 5.83. The van der Waals surface area contributed by atoms with Gasteiger partial charge in [0.1, 0.15) is 0 Å². The van der Waals surface area contributed by atoms with Gasteiger partial charge in [-0.25, -0.2) is 0 Å². The average molecular weight is 257 g/mol. The molecule has 1 aliphatic heterocycles. The SMILES string of the molecule is CCC(N)(CO)CCCN(C)CCN1CCCC1. The zero-order valence-corrected chi connectivity index (χ0v) is 12.2. The van der Waals surface area contributed by atoms with E-state index < -0.39 is 0 Å². The van der Waals surface area contributed by atoms with Crippen molar-refractivity contribution in [3.05, 3.63) is 0 Å². The van der Waals surface area contributed by atoms with Gasteiger partial charge in [0, 0.05) is 18.6 Å². The van der Waals surface area contributed by atoms with Gasteiger partial charge >= 0.3 is 0 Å². The molecule has 0 saturated carbocycles. The number of aliphatic hydroxyl groups is 1. The second-order valence-electron chi connectivity index (χ2n) is 5.83. The molecule has 1 aliphatic rings. The highest BCUT2D eigenvalue weighted by atomic mass is 16.3. The zero-order valence-electron chi connectivity index (χ0n) is 12.2. The van der Waals surface area contributed by atoms with E-state index in [0.717, 1.165) is 32.4 Å². The highest BCUT2D eigenvalue weighted by Crippen LogP contribution is 2.13.